The smallest absolute Gasteiger partial charge is 0.251 e. The van der Waals surface area contributed by atoms with Gasteiger partial charge in [0.05, 0.1) is 24.2 Å². The van der Waals surface area contributed by atoms with Crippen LogP contribution in [0.25, 0.3) is 89.7 Å². The van der Waals surface area contributed by atoms with Crippen molar-refractivity contribution in [2.24, 2.45) is 0 Å². The first-order valence-electron chi connectivity index (χ1n) is 29.4. The van der Waals surface area contributed by atoms with E-state index in [1.807, 2.05) is 177 Å². The molecule has 0 aliphatic carbocycles. The fourth-order valence-corrected chi connectivity index (χ4v) is 11.2. The van der Waals surface area contributed by atoms with E-state index in [4.69, 9.17) is 29.9 Å². The summed E-state index contributed by atoms with van der Waals surface area (Å²) in [5, 5.41) is 15.0. The van der Waals surface area contributed by atoms with Crippen LogP contribution in [0.3, 0.4) is 0 Å². The number of fused-ring (bicyclic) bond motifs is 20. The number of hydrogen-bond acceptors (Lipinski definition) is 10. The van der Waals surface area contributed by atoms with E-state index >= 15 is 0 Å². The number of H-pyrrole nitrogens is 2. The van der Waals surface area contributed by atoms with Gasteiger partial charge in [0, 0.05) is 66.1 Å². The Morgan fingerprint density at radius 1 is 0.295 bits per heavy atom. The largest absolute Gasteiger partial charge is 0.346 e. The van der Waals surface area contributed by atoms with E-state index in [1.54, 1.807) is 48.5 Å². The lowest BCUT2D eigenvalue weighted by Gasteiger charge is -2.15. The Balaban J connectivity index is 1.01. The van der Waals surface area contributed by atoms with Gasteiger partial charge < -0.3 is 31.2 Å². The maximum atomic E-state index is 14.2. The molecule has 6 N–H and O–H groups in total. The molecule has 5 heterocycles. The number of amides is 4. The number of aromatic amines is 2. The van der Waals surface area contributed by atoms with Crippen molar-refractivity contribution >= 4 is 67.8 Å². The first kappa shape index (κ1) is 56.1. The van der Waals surface area contributed by atoms with Crippen LogP contribution in [0, 0.1) is 27.7 Å². The minimum atomic E-state index is -0.299. The normalized spacial score (nSPS) is 13.0. The summed E-state index contributed by atoms with van der Waals surface area (Å²) in [5.41, 5.74) is 13.5. The first-order chi connectivity index (χ1) is 42.5. The van der Waals surface area contributed by atoms with Crippen molar-refractivity contribution in [1.82, 2.24) is 61.1 Å². The summed E-state index contributed by atoms with van der Waals surface area (Å²) < 4.78 is 0. The standard InChI is InChI=1S/C72H62N12O4/c1-37-9-17-45(18-10-37)41(5)73-69(85)49-25-29-53-57(33-49)65-77-61(53)82-66-59-35-51(71(87)75-43(7)47-21-13-39(3)14-22-47)27-31-55(59)63(79-66)84-68-60-36-52(72(88)76-44(8)48-23-15-40(4)16-24-48)28-32-56(60)64(80-68)83-67-58-34-50(26-30-54(58)62(78-67)81-65)70(86)74-42(6)46-19-11-38(2)12-20-46/h9-36,41-44H,1-8H3,(H,73,85)(H,74,86)(H,75,87)(H,76,88)(H2,77,78,79,80,81,82,83,84)/t41-,42-,43-,44-/m0/s1. The summed E-state index contributed by atoms with van der Waals surface area (Å²) in [7, 11) is 0. The highest BCUT2D eigenvalue weighted by Gasteiger charge is 2.27. The van der Waals surface area contributed by atoms with E-state index < -0.39 is 0 Å². The van der Waals surface area contributed by atoms with Crippen LogP contribution in [0.1, 0.15) is 138 Å². The summed E-state index contributed by atoms with van der Waals surface area (Å²) in [6.07, 6.45) is 0. The Labute approximate surface area is 507 Å². The quantitative estimate of drug-likeness (QED) is 0.0678. The number of carbonyl (C=O) groups excluding carboxylic acids is 4. The molecule has 13 rings (SSSR count). The monoisotopic (exact) mass is 1160 g/mol. The van der Waals surface area contributed by atoms with Crippen LogP contribution < -0.4 is 21.3 Å². The minimum absolute atomic E-state index is 0.248. The highest BCUT2D eigenvalue weighted by Crippen LogP contribution is 2.39. The van der Waals surface area contributed by atoms with Gasteiger partial charge >= 0.3 is 0 Å². The molecular formula is C72H62N12O4. The molecule has 11 aromatic rings. The predicted molar refractivity (Wildman–Crippen MR) is 344 cm³/mol. The van der Waals surface area contributed by atoms with E-state index in [0.29, 0.717) is 88.6 Å². The molecule has 8 bridgehead atoms. The highest BCUT2D eigenvalue weighted by atomic mass is 16.2. The number of nitrogens with zero attached hydrogens (tertiary/aromatic N) is 6. The second-order valence-corrected chi connectivity index (χ2v) is 23.1. The van der Waals surface area contributed by atoms with Crippen molar-refractivity contribution in [1.29, 1.82) is 0 Å². The summed E-state index contributed by atoms with van der Waals surface area (Å²) >= 11 is 0. The molecule has 2 aliphatic heterocycles. The van der Waals surface area contributed by atoms with E-state index in [-0.39, 0.29) is 71.1 Å². The minimum Gasteiger partial charge on any atom is -0.346 e. The Hall–Kier alpha value is -11.0. The number of nitrogens with one attached hydrogen (secondary N) is 6. The van der Waals surface area contributed by atoms with Gasteiger partial charge in [-0.05, 0) is 150 Å². The van der Waals surface area contributed by atoms with Gasteiger partial charge in [0.15, 0.2) is 23.3 Å². The van der Waals surface area contributed by atoms with Crippen molar-refractivity contribution in [3.63, 3.8) is 0 Å². The molecule has 0 saturated heterocycles. The van der Waals surface area contributed by atoms with E-state index in [0.717, 1.165) is 44.5 Å². The summed E-state index contributed by atoms with van der Waals surface area (Å²) in [6, 6.07) is 52.3. The Morgan fingerprint density at radius 3 is 0.841 bits per heavy atom. The number of aromatic nitrogens is 8. The van der Waals surface area contributed by atoms with E-state index in [2.05, 4.69) is 31.2 Å². The molecular weight excluding hydrogens is 1100 g/mol. The fourth-order valence-electron chi connectivity index (χ4n) is 11.2. The Bertz CT molecular complexity index is 4520. The van der Waals surface area contributed by atoms with Gasteiger partial charge in [-0.3, -0.25) is 19.2 Å². The third-order valence-corrected chi connectivity index (χ3v) is 16.6. The van der Waals surface area contributed by atoms with Crippen LogP contribution in [-0.4, -0.2) is 63.5 Å². The van der Waals surface area contributed by atoms with Crippen LogP contribution in [0.4, 0.5) is 0 Å². The van der Waals surface area contributed by atoms with Gasteiger partial charge in [0.2, 0.25) is 0 Å². The lowest BCUT2D eigenvalue weighted by Crippen LogP contribution is -2.26. The van der Waals surface area contributed by atoms with Crippen LogP contribution in [-0.2, 0) is 0 Å². The highest BCUT2D eigenvalue weighted by molar-refractivity contribution is 6.11. The molecule has 0 spiro atoms. The van der Waals surface area contributed by atoms with Crippen molar-refractivity contribution in [3.05, 3.63) is 237 Å². The molecule has 434 valence electrons. The van der Waals surface area contributed by atoms with Crippen LogP contribution in [0.15, 0.2) is 170 Å². The molecule has 16 heteroatoms. The average Bonchev–Trinajstić information content (AvgIpc) is 1.77. The topological polar surface area (TPSA) is 225 Å². The van der Waals surface area contributed by atoms with Gasteiger partial charge in [-0.1, -0.05) is 119 Å². The molecule has 8 aromatic carbocycles. The first-order valence-corrected chi connectivity index (χ1v) is 29.4. The maximum Gasteiger partial charge on any atom is 0.251 e. The molecule has 4 atom stereocenters. The zero-order chi connectivity index (χ0) is 61.1. The third-order valence-electron chi connectivity index (χ3n) is 16.6. The molecule has 0 radical (unpaired) electrons. The molecule has 0 saturated carbocycles. The van der Waals surface area contributed by atoms with Crippen molar-refractivity contribution < 1.29 is 19.2 Å². The fraction of sp³-hybridized carbons (Fsp3) is 0.167. The van der Waals surface area contributed by atoms with Crippen LogP contribution in [0.5, 0.6) is 0 Å². The maximum absolute atomic E-state index is 14.2. The zero-order valence-electron chi connectivity index (χ0n) is 49.8. The number of hydrogen-bond donors (Lipinski definition) is 6. The average molecular weight is 1160 g/mol. The summed E-state index contributed by atoms with van der Waals surface area (Å²) in [6.45, 7) is 15.9. The zero-order valence-corrected chi connectivity index (χ0v) is 49.8. The predicted octanol–water partition coefficient (Wildman–Crippen LogP) is 14.1. The van der Waals surface area contributed by atoms with Gasteiger partial charge in [-0.25, -0.2) is 29.9 Å². The molecule has 4 amide bonds. The lowest BCUT2D eigenvalue weighted by molar-refractivity contribution is 0.0931. The number of aryl methyl sites for hydroxylation is 4. The van der Waals surface area contributed by atoms with Crippen molar-refractivity contribution in [2.45, 2.75) is 79.6 Å². The molecule has 16 nitrogen and oxygen atoms in total. The molecule has 0 fully saturated rings. The number of carbonyl (C=O) groups is 4. The van der Waals surface area contributed by atoms with Crippen molar-refractivity contribution in [3.8, 4) is 45.6 Å². The SMILES string of the molecule is Cc1ccc([C@H](C)NC(=O)c2ccc3c(c2)-c2nc-3nc3[nH]c(nc4nc(nc5[nH]c(n2)c2ccc(C(=O)N[C@@H](C)c6ccc(C)cc6)cc52)-c2ccc(C(=O)N[C@@H](C)c5ccc(C)cc5)cc2-4)c2ccc(C(=O)N[C@@H](C)c4ccc(C)cc4)cc32)cc1. The van der Waals surface area contributed by atoms with Gasteiger partial charge in [-0.15, -0.1) is 0 Å². The number of benzene rings is 8. The Morgan fingerprint density at radius 2 is 0.545 bits per heavy atom. The second-order valence-electron chi connectivity index (χ2n) is 23.1. The number of rotatable bonds is 12. The summed E-state index contributed by atoms with van der Waals surface area (Å²) in [4.78, 5) is 95.1. The van der Waals surface area contributed by atoms with Crippen LogP contribution >= 0.6 is 0 Å². The second kappa shape index (κ2) is 22.8. The van der Waals surface area contributed by atoms with Gasteiger partial charge in [0.1, 0.15) is 22.6 Å². The van der Waals surface area contributed by atoms with E-state index in [9.17, 15) is 19.2 Å². The molecule has 0 unspecified atom stereocenters. The van der Waals surface area contributed by atoms with Gasteiger partial charge in [0.25, 0.3) is 23.6 Å². The Kier molecular flexibility index (Phi) is 14.5. The molecule has 88 heavy (non-hydrogen) atoms. The third kappa shape index (κ3) is 11.0. The summed E-state index contributed by atoms with van der Waals surface area (Å²) in [5.74, 6) is -0.134. The molecule has 2 aliphatic rings. The van der Waals surface area contributed by atoms with Crippen LogP contribution in [0.2, 0.25) is 0 Å². The lowest BCUT2D eigenvalue weighted by atomic mass is 10.0. The molecule has 3 aromatic heterocycles. The van der Waals surface area contributed by atoms with Gasteiger partial charge in [-0.2, -0.15) is 0 Å². The van der Waals surface area contributed by atoms with Crippen molar-refractivity contribution in [2.75, 3.05) is 0 Å². The van der Waals surface area contributed by atoms with E-state index in [1.165, 1.54) is 0 Å².